The fourth-order valence-electron chi connectivity index (χ4n) is 3.12. The predicted octanol–water partition coefficient (Wildman–Crippen LogP) is 6.36. The summed E-state index contributed by atoms with van der Waals surface area (Å²) in [6, 6.07) is 25.1. The predicted molar refractivity (Wildman–Crippen MR) is 130 cm³/mol. The van der Waals surface area contributed by atoms with E-state index in [4.69, 9.17) is 23.2 Å². The highest BCUT2D eigenvalue weighted by molar-refractivity contribution is 7.99. The first-order valence-corrected chi connectivity index (χ1v) is 11.6. The van der Waals surface area contributed by atoms with Gasteiger partial charge < -0.3 is 5.32 Å². The van der Waals surface area contributed by atoms with E-state index in [1.807, 2.05) is 78.9 Å². The van der Waals surface area contributed by atoms with Crippen molar-refractivity contribution in [1.29, 1.82) is 0 Å². The summed E-state index contributed by atoms with van der Waals surface area (Å²) in [5.41, 5.74) is 2.89. The van der Waals surface area contributed by atoms with E-state index >= 15 is 0 Å². The Hall–Kier alpha value is -2.80. The van der Waals surface area contributed by atoms with E-state index in [9.17, 15) is 4.79 Å². The van der Waals surface area contributed by atoms with Gasteiger partial charge in [0.15, 0.2) is 5.16 Å². The molecule has 1 N–H and O–H groups in total. The van der Waals surface area contributed by atoms with Crippen molar-refractivity contribution in [3.05, 3.63) is 100 Å². The Morgan fingerprint density at radius 1 is 0.906 bits per heavy atom. The Morgan fingerprint density at radius 2 is 1.62 bits per heavy atom. The summed E-state index contributed by atoms with van der Waals surface area (Å²) in [7, 11) is 0. The number of benzene rings is 3. The molecule has 0 unspecified atom stereocenters. The first-order valence-electron chi connectivity index (χ1n) is 10.0. The molecule has 5 nitrogen and oxygen atoms in total. The minimum Gasteiger partial charge on any atom is -0.325 e. The van der Waals surface area contributed by atoms with E-state index in [1.165, 1.54) is 11.8 Å². The molecule has 1 aromatic heterocycles. The minimum absolute atomic E-state index is 0.0393. The van der Waals surface area contributed by atoms with Crippen LogP contribution in [0, 0.1) is 0 Å². The third-order valence-electron chi connectivity index (χ3n) is 4.70. The Labute approximate surface area is 200 Å². The highest BCUT2D eigenvalue weighted by Crippen LogP contribution is 2.33. The van der Waals surface area contributed by atoms with E-state index in [2.05, 4.69) is 15.4 Å². The van der Waals surface area contributed by atoms with Crippen LogP contribution >= 0.6 is 35.0 Å². The SMILES string of the molecule is O=C(CCc1ccccc1)Nc1ccccc1Sc1nc(Cl)nn1Cc1ccc(Cl)cc1. The summed E-state index contributed by atoms with van der Waals surface area (Å²) >= 11 is 13.5. The molecule has 0 bridgehead atoms. The molecule has 3 aromatic carbocycles. The Morgan fingerprint density at radius 3 is 2.41 bits per heavy atom. The van der Waals surface area contributed by atoms with E-state index in [1.54, 1.807) is 4.68 Å². The van der Waals surface area contributed by atoms with Crippen LogP contribution in [0.1, 0.15) is 17.5 Å². The smallest absolute Gasteiger partial charge is 0.243 e. The van der Waals surface area contributed by atoms with Gasteiger partial charge in [-0.15, -0.1) is 5.10 Å². The van der Waals surface area contributed by atoms with Gasteiger partial charge in [-0.25, -0.2) is 4.68 Å². The third kappa shape index (κ3) is 6.13. The molecule has 0 aliphatic rings. The highest BCUT2D eigenvalue weighted by atomic mass is 35.5. The Kier molecular flexibility index (Phi) is 7.47. The lowest BCUT2D eigenvalue weighted by atomic mass is 10.1. The van der Waals surface area contributed by atoms with Gasteiger partial charge in [0.1, 0.15) is 0 Å². The van der Waals surface area contributed by atoms with Crippen LogP contribution in [0.5, 0.6) is 0 Å². The lowest BCUT2D eigenvalue weighted by Crippen LogP contribution is -2.13. The molecule has 1 amide bonds. The van der Waals surface area contributed by atoms with Gasteiger partial charge in [-0.2, -0.15) is 4.98 Å². The zero-order chi connectivity index (χ0) is 22.3. The molecule has 162 valence electrons. The molecule has 0 aliphatic carbocycles. The van der Waals surface area contributed by atoms with Crippen LogP contribution in [-0.4, -0.2) is 20.7 Å². The van der Waals surface area contributed by atoms with Crippen LogP contribution in [-0.2, 0) is 17.8 Å². The number of para-hydroxylation sites is 1. The summed E-state index contributed by atoms with van der Waals surface area (Å²) in [6.07, 6.45) is 1.09. The maximum absolute atomic E-state index is 12.5. The lowest BCUT2D eigenvalue weighted by Gasteiger charge is -2.11. The molecular formula is C24H20Cl2N4OS. The molecule has 0 aliphatic heterocycles. The van der Waals surface area contributed by atoms with Crippen molar-refractivity contribution in [2.24, 2.45) is 0 Å². The maximum Gasteiger partial charge on any atom is 0.243 e. The summed E-state index contributed by atoms with van der Waals surface area (Å²) < 4.78 is 1.74. The number of anilines is 1. The van der Waals surface area contributed by atoms with Gasteiger partial charge in [-0.3, -0.25) is 4.79 Å². The highest BCUT2D eigenvalue weighted by Gasteiger charge is 2.14. The van der Waals surface area contributed by atoms with Crippen molar-refractivity contribution >= 4 is 46.6 Å². The van der Waals surface area contributed by atoms with Gasteiger partial charge in [-0.1, -0.05) is 66.2 Å². The van der Waals surface area contributed by atoms with Crippen molar-refractivity contribution < 1.29 is 4.79 Å². The van der Waals surface area contributed by atoms with Crippen molar-refractivity contribution in [2.45, 2.75) is 29.4 Å². The molecule has 0 saturated carbocycles. The number of amides is 1. The second kappa shape index (κ2) is 10.7. The van der Waals surface area contributed by atoms with Crippen molar-refractivity contribution in [3.63, 3.8) is 0 Å². The summed E-state index contributed by atoms with van der Waals surface area (Å²) in [5, 5.41) is 8.81. The molecule has 0 spiro atoms. The number of carbonyl (C=O) groups excluding carboxylic acids is 1. The van der Waals surface area contributed by atoms with Crippen LogP contribution in [0.25, 0.3) is 0 Å². The number of rotatable bonds is 8. The average molecular weight is 483 g/mol. The third-order valence-corrected chi connectivity index (χ3v) is 6.18. The minimum atomic E-state index is -0.0393. The fourth-order valence-corrected chi connectivity index (χ4v) is 4.38. The zero-order valence-corrected chi connectivity index (χ0v) is 19.4. The summed E-state index contributed by atoms with van der Waals surface area (Å²) in [6.45, 7) is 0.505. The molecular weight excluding hydrogens is 463 g/mol. The van der Waals surface area contributed by atoms with Gasteiger partial charge in [0.2, 0.25) is 11.2 Å². The summed E-state index contributed by atoms with van der Waals surface area (Å²) in [4.78, 5) is 17.8. The van der Waals surface area contributed by atoms with Gasteiger partial charge in [0.05, 0.1) is 12.2 Å². The number of hydrogen-bond donors (Lipinski definition) is 1. The number of aryl methyl sites for hydroxylation is 1. The quantitative estimate of drug-likeness (QED) is 0.317. The van der Waals surface area contributed by atoms with Gasteiger partial charge in [-0.05, 0) is 65.2 Å². The van der Waals surface area contributed by atoms with Gasteiger partial charge >= 0.3 is 0 Å². The van der Waals surface area contributed by atoms with Crippen LogP contribution in [0.2, 0.25) is 10.3 Å². The fraction of sp³-hybridized carbons (Fsp3) is 0.125. The van der Waals surface area contributed by atoms with E-state index < -0.39 is 0 Å². The van der Waals surface area contributed by atoms with Crippen molar-refractivity contribution in [1.82, 2.24) is 14.8 Å². The molecule has 0 radical (unpaired) electrons. The number of nitrogens with zero attached hydrogens (tertiary/aromatic N) is 3. The molecule has 4 rings (SSSR count). The van der Waals surface area contributed by atoms with E-state index in [0.29, 0.717) is 29.6 Å². The number of aromatic nitrogens is 3. The molecule has 8 heteroatoms. The number of halogens is 2. The first-order chi connectivity index (χ1) is 15.6. The molecule has 4 aromatic rings. The van der Waals surface area contributed by atoms with Gasteiger partial charge in [0, 0.05) is 16.3 Å². The monoisotopic (exact) mass is 482 g/mol. The topological polar surface area (TPSA) is 59.8 Å². The van der Waals surface area contributed by atoms with Crippen LogP contribution in [0.4, 0.5) is 5.69 Å². The second-order valence-corrected chi connectivity index (χ2v) is 8.86. The van der Waals surface area contributed by atoms with E-state index in [0.717, 1.165) is 21.7 Å². The van der Waals surface area contributed by atoms with E-state index in [-0.39, 0.29) is 11.2 Å². The number of nitrogens with one attached hydrogen (secondary N) is 1. The van der Waals surface area contributed by atoms with Gasteiger partial charge in [0.25, 0.3) is 0 Å². The Bertz CT molecular complexity index is 1200. The molecule has 0 fully saturated rings. The molecule has 1 heterocycles. The van der Waals surface area contributed by atoms with Crippen molar-refractivity contribution in [3.8, 4) is 0 Å². The van der Waals surface area contributed by atoms with Crippen LogP contribution < -0.4 is 5.32 Å². The lowest BCUT2D eigenvalue weighted by molar-refractivity contribution is -0.116. The average Bonchev–Trinajstić information content (AvgIpc) is 3.14. The molecule has 0 saturated heterocycles. The van der Waals surface area contributed by atoms with Crippen LogP contribution in [0.15, 0.2) is 88.9 Å². The van der Waals surface area contributed by atoms with Crippen LogP contribution in [0.3, 0.4) is 0 Å². The number of carbonyl (C=O) groups is 1. The normalized spacial score (nSPS) is 10.8. The maximum atomic E-state index is 12.5. The standard InChI is InChI=1S/C24H20Cl2N4OS/c25-19-13-10-18(11-14-19)16-30-24(28-23(26)29-30)32-21-9-5-4-8-20(21)27-22(31)15-12-17-6-2-1-3-7-17/h1-11,13-14H,12,15-16H2,(H,27,31). The zero-order valence-electron chi connectivity index (χ0n) is 17.0. The first kappa shape index (κ1) is 22.4. The Balaban J connectivity index is 1.46. The summed E-state index contributed by atoms with van der Waals surface area (Å²) in [5.74, 6) is -0.0393. The van der Waals surface area contributed by atoms with Crippen molar-refractivity contribution in [2.75, 3.05) is 5.32 Å². The largest absolute Gasteiger partial charge is 0.325 e. The number of hydrogen-bond acceptors (Lipinski definition) is 4. The molecule has 32 heavy (non-hydrogen) atoms. The molecule has 0 atom stereocenters. The second-order valence-electron chi connectivity index (χ2n) is 7.08.